The fraction of sp³-hybridized carbons (Fsp3) is 0.389. The monoisotopic (exact) mass is 349 g/mol. The first-order valence-electron chi connectivity index (χ1n) is 7.84. The fourth-order valence-corrected chi connectivity index (χ4v) is 2.91. The van der Waals surface area contributed by atoms with Crippen molar-refractivity contribution in [1.82, 2.24) is 0 Å². The van der Waals surface area contributed by atoms with E-state index in [2.05, 4.69) is 39.1 Å². The second-order valence-corrected chi connectivity index (χ2v) is 8.45. The molecular weight excluding hydrogens is 326 g/mol. The summed E-state index contributed by atoms with van der Waals surface area (Å²) in [5.41, 5.74) is 2.94. The van der Waals surface area contributed by atoms with Crippen molar-refractivity contribution >= 4 is 21.4 Å². The van der Waals surface area contributed by atoms with Crippen LogP contribution in [0.5, 0.6) is 0 Å². The summed E-state index contributed by atoms with van der Waals surface area (Å²) >= 11 is 0. The van der Waals surface area contributed by atoms with Crippen LogP contribution in [-0.2, 0) is 9.84 Å². The van der Waals surface area contributed by atoms with Gasteiger partial charge in [-0.2, -0.15) is 0 Å². The number of furan rings is 1. The molecule has 0 aliphatic carbocycles. The number of benzene rings is 1. The summed E-state index contributed by atoms with van der Waals surface area (Å²) in [7, 11) is -3.47. The van der Waals surface area contributed by atoms with E-state index in [9.17, 15) is 13.2 Å². The molecule has 0 spiro atoms. The number of rotatable bonds is 5. The Balaban J connectivity index is 2.30. The highest BCUT2D eigenvalue weighted by Crippen LogP contribution is 2.29. The van der Waals surface area contributed by atoms with Crippen LogP contribution in [0.25, 0.3) is 0 Å². The number of carbonyl (C=O) groups excluding carboxylic acids is 1. The highest BCUT2D eigenvalue weighted by molar-refractivity contribution is 7.90. The van der Waals surface area contributed by atoms with E-state index in [0.29, 0.717) is 11.6 Å². The summed E-state index contributed by atoms with van der Waals surface area (Å²) in [6.45, 7) is 8.36. The van der Waals surface area contributed by atoms with Crippen LogP contribution in [0.15, 0.2) is 39.8 Å². The lowest BCUT2D eigenvalue weighted by molar-refractivity contribution is 0.0991. The molecule has 130 valence electrons. The smallest absolute Gasteiger partial charge is 0.291 e. The quantitative estimate of drug-likeness (QED) is 0.878. The SMILES string of the molecule is CC(C)c1ccc(NC(=O)c2ccc(S(C)(=O)=O)o2)c(C(C)C)c1. The van der Waals surface area contributed by atoms with Gasteiger partial charge in [-0.1, -0.05) is 39.8 Å². The Morgan fingerprint density at radius 1 is 1.04 bits per heavy atom. The van der Waals surface area contributed by atoms with Crippen molar-refractivity contribution in [2.75, 3.05) is 11.6 Å². The topological polar surface area (TPSA) is 76.4 Å². The summed E-state index contributed by atoms with van der Waals surface area (Å²) in [6.07, 6.45) is 1.04. The van der Waals surface area contributed by atoms with E-state index in [0.717, 1.165) is 11.8 Å². The predicted molar refractivity (Wildman–Crippen MR) is 94.4 cm³/mol. The standard InChI is InChI=1S/C18H23NO4S/c1-11(2)13-6-7-15(14(10-13)12(3)4)19-18(20)16-8-9-17(23-16)24(5,21)22/h6-12H,1-5H3,(H,19,20). The van der Waals surface area contributed by atoms with E-state index in [1.165, 1.54) is 17.7 Å². The number of anilines is 1. The summed E-state index contributed by atoms with van der Waals surface area (Å²) in [6, 6.07) is 8.60. The molecule has 1 aromatic carbocycles. The first-order valence-corrected chi connectivity index (χ1v) is 9.73. The second kappa shape index (κ2) is 6.81. The molecule has 0 aliphatic heterocycles. The minimum Gasteiger partial charge on any atom is -0.440 e. The highest BCUT2D eigenvalue weighted by atomic mass is 32.2. The molecule has 1 aromatic heterocycles. The molecule has 2 rings (SSSR count). The van der Waals surface area contributed by atoms with Gasteiger partial charge in [0.1, 0.15) is 0 Å². The molecule has 5 nitrogen and oxygen atoms in total. The zero-order valence-corrected chi connectivity index (χ0v) is 15.4. The van der Waals surface area contributed by atoms with Crippen molar-refractivity contribution in [3.63, 3.8) is 0 Å². The lowest BCUT2D eigenvalue weighted by Crippen LogP contribution is -2.13. The maximum Gasteiger partial charge on any atom is 0.291 e. The van der Waals surface area contributed by atoms with Gasteiger partial charge in [-0.25, -0.2) is 8.42 Å². The highest BCUT2D eigenvalue weighted by Gasteiger charge is 2.18. The molecule has 0 unspecified atom stereocenters. The van der Waals surface area contributed by atoms with E-state index in [1.807, 2.05) is 12.1 Å². The molecule has 0 atom stereocenters. The van der Waals surface area contributed by atoms with Crippen LogP contribution in [0, 0.1) is 0 Å². The van der Waals surface area contributed by atoms with Crippen LogP contribution in [0.4, 0.5) is 5.69 Å². The normalized spacial score (nSPS) is 12.0. The molecule has 24 heavy (non-hydrogen) atoms. The van der Waals surface area contributed by atoms with E-state index in [-0.39, 0.29) is 16.8 Å². The number of sulfone groups is 1. The minimum atomic E-state index is -3.47. The van der Waals surface area contributed by atoms with Crippen molar-refractivity contribution in [3.8, 4) is 0 Å². The van der Waals surface area contributed by atoms with Crippen LogP contribution in [0.1, 0.15) is 61.2 Å². The molecule has 0 bridgehead atoms. The van der Waals surface area contributed by atoms with E-state index >= 15 is 0 Å². The van der Waals surface area contributed by atoms with Gasteiger partial charge in [-0.3, -0.25) is 4.79 Å². The van der Waals surface area contributed by atoms with Crippen molar-refractivity contribution in [2.24, 2.45) is 0 Å². The van der Waals surface area contributed by atoms with Gasteiger partial charge >= 0.3 is 0 Å². The number of nitrogens with one attached hydrogen (secondary N) is 1. The van der Waals surface area contributed by atoms with Crippen LogP contribution >= 0.6 is 0 Å². The van der Waals surface area contributed by atoms with Crippen molar-refractivity contribution in [2.45, 2.75) is 44.6 Å². The van der Waals surface area contributed by atoms with Crippen LogP contribution < -0.4 is 5.32 Å². The summed E-state index contributed by atoms with van der Waals surface area (Å²) in [4.78, 5) is 12.3. The average molecular weight is 349 g/mol. The van der Waals surface area contributed by atoms with Gasteiger partial charge in [0.15, 0.2) is 5.76 Å². The zero-order chi connectivity index (χ0) is 18.1. The molecule has 0 aliphatic rings. The first kappa shape index (κ1) is 18.3. The molecule has 0 fully saturated rings. The average Bonchev–Trinajstić information content (AvgIpc) is 2.97. The number of hydrogen-bond acceptors (Lipinski definition) is 4. The Morgan fingerprint density at radius 2 is 1.71 bits per heavy atom. The van der Waals surface area contributed by atoms with E-state index in [1.54, 1.807) is 0 Å². The van der Waals surface area contributed by atoms with Crippen LogP contribution in [0.3, 0.4) is 0 Å². The van der Waals surface area contributed by atoms with Gasteiger partial charge in [0, 0.05) is 11.9 Å². The Kier molecular flexibility index (Phi) is 5.18. The third-order valence-electron chi connectivity index (χ3n) is 3.78. The van der Waals surface area contributed by atoms with Gasteiger partial charge in [0.2, 0.25) is 14.9 Å². The lowest BCUT2D eigenvalue weighted by Gasteiger charge is -2.16. The third kappa shape index (κ3) is 4.06. The Morgan fingerprint density at radius 3 is 2.21 bits per heavy atom. The fourth-order valence-electron chi connectivity index (χ4n) is 2.36. The largest absolute Gasteiger partial charge is 0.440 e. The summed E-state index contributed by atoms with van der Waals surface area (Å²) < 4.78 is 28.0. The minimum absolute atomic E-state index is 0.0296. The predicted octanol–water partition coefficient (Wildman–Crippen LogP) is 4.18. The van der Waals surface area contributed by atoms with Crippen molar-refractivity contribution < 1.29 is 17.6 Å². The first-order chi connectivity index (χ1) is 11.1. The Labute approximate surface area is 143 Å². The Bertz CT molecular complexity index is 848. The molecule has 1 amide bonds. The van der Waals surface area contributed by atoms with Gasteiger partial charge in [0.05, 0.1) is 0 Å². The maximum absolute atomic E-state index is 12.3. The van der Waals surface area contributed by atoms with E-state index in [4.69, 9.17) is 4.42 Å². The number of carbonyl (C=O) groups is 1. The number of hydrogen-bond donors (Lipinski definition) is 1. The molecule has 1 heterocycles. The van der Waals surface area contributed by atoms with Gasteiger partial charge in [-0.05, 0) is 41.2 Å². The molecule has 0 saturated carbocycles. The molecule has 6 heteroatoms. The second-order valence-electron chi connectivity index (χ2n) is 6.50. The summed E-state index contributed by atoms with van der Waals surface area (Å²) in [5.74, 6) is 0.138. The van der Waals surface area contributed by atoms with Crippen molar-refractivity contribution in [3.05, 3.63) is 47.2 Å². The zero-order valence-electron chi connectivity index (χ0n) is 14.6. The van der Waals surface area contributed by atoms with Gasteiger partial charge < -0.3 is 9.73 Å². The Hall–Kier alpha value is -2.08. The van der Waals surface area contributed by atoms with Crippen LogP contribution in [0.2, 0.25) is 0 Å². The molecule has 0 saturated heterocycles. The molecule has 1 N–H and O–H groups in total. The lowest BCUT2D eigenvalue weighted by atomic mass is 9.94. The van der Waals surface area contributed by atoms with Gasteiger partial charge in [0.25, 0.3) is 5.91 Å². The van der Waals surface area contributed by atoms with Crippen LogP contribution in [-0.4, -0.2) is 20.6 Å². The van der Waals surface area contributed by atoms with E-state index < -0.39 is 15.7 Å². The third-order valence-corrected chi connectivity index (χ3v) is 4.73. The molecule has 2 aromatic rings. The van der Waals surface area contributed by atoms with Crippen molar-refractivity contribution in [1.29, 1.82) is 0 Å². The summed E-state index contributed by atoms with van der Waals surface area (Å²) in [5, 5.41) is 2.60. The number of amides is 1. The molecular formula is C18H23NO4S. The van der Waals surface area contributed by atoms with Gasteiger partial charge in [-0.15, -0.1) is 0 Å². The maximum atomic E-state index is 12.3. The molecule has 0 radical (unpaired) electrons.